The van der Waals surface area contributed by atoms with Gasteiger partial charge in [-0.15, -0.1) is 0 Å². The van der Waals surface area contributed by atoms with Gasteiger partial charge in [-0.1, -0.05) is 39.0 Å². The molecule has 0 aliphatic carbocycles. The van der Waals surface area contributed by atoms with Crippen molar-refractivity contribution in [2.24, 2.45) is 5.92 Å². The van der Waals surface area contributed by atoms with Crippen LogP contribution in [0.25, 0.3) is 0 Å². The van der Waals surface area contributed by atoms with Crippen LogP contribution >= 0.6 is 0 Å². The number of benzene rings is 1. The molecule has 0 saturated carbocycles. The van der Waals surface area contributed by atoms with Crippen LogP contribution in [0.15, 0.2) is 24.3 Å². The number of hydrogen-bond donors (Lipinski definition) is 2. The number of likely N-dealkylation sites (tertiary alicyclic amines) is 1. The molecule has 0 aromatic heterocycles. The second kappa shape index (κ2) is 12.3. The maximum absolute atomic E-state index is 9.10. The summed E-state index contributed by atoms with van der Waals surface area (Å²) < 4.78 is 6.05. The molecule has 1 fully saturated rings. The van der Waals surface area contributed by atoms with Crippen LogP contribution in [0, 0.1) is 5.92 Å². The molecule has 1 atom stereocenters. The Morgan fingerprint density at radius 2 is 1.78 bits per heavy atom. The van der Waals surface area contributed by atoms with Gasteiger partial charge in [-0.3, -0.25) is 0 Å². The number of aliphatic carboxylic acids is 2. The Morgan fingerprint density at radius 1 is 1.19 bits per heavy atom. The molecular formula is C21H33NO5. The third-order valence-electron chi connectivity index (χ3n) is 5.00. The van der Waals surface area contributed by atoms with E-state index in [-0.39, 0.29) is 0 Å². The third-order valence-corrected chi connectivity index (χ3v) is 5.00. The Labute approximate surface area is 162 Å². The minimum Gasteiger partial charge on any atom is -0.493 e. The number of rotatable bonds is 7. The van der Waals surface area contributed by atoms with Gasteiger partial charge >= 0.3 is 11.9 Å². The quantitative estimate of drug-likeness (QED) is 0.553. The van der Waals surface area contributed by atoms with Crippen molar-refractivity contribution in [2.75, 3.05) is 26.2 Å². The summed E-state index contributed by atoms with van der Waals surface area (Å²) in [6.45, 7) is 11.4. The molecule has 1 saturated heterocycles. The van der Waals surface area contributed by atoms with Crippen LogP contribution in [0.1, 0.15) is 57.9 Å². The summed E-state index contributed by atoms with van der Waals surface area (Å²) in [5.74, 6) is -1.08. The molecule has 6 nitrogen and oxygen atoms in total. The molecule has 1 aromatic rings. The van der Waals surface area contributed by atoms with Crippen molar-refractivity contribution in [3.05, 3.63) is 29.8 Å². The topological polar surface area (TPSA) is 87.1 Å². The fraction of sp³-hybridized carbons (Fsp3) is 0.619. The van der Waals surface area contributed by atoms with E-state index in [1.807, 2.05) is 0 Å². The first-order valence-corrected chi connectivity index (χ1v) is 9.75. The summed E-state index contributed by atoms with van der Waals surface area (Å²) in [7, 11) is 0. The van der Waals surface area contributed by atoms with Gasteiger partial charge in [0.25, 0.3) is 0 Å². The fourth-order valence-electron chi connectivity index (χ4n) is 2.99. The zero-order valence-electron chi connectivity index (χ0n) is 16.7. The van der Waals surface area contributed by atoms with Gasteiger partial charge in [-0.05, 0) is 62.2 Å². The van der Waals surface area contributed by atoms with Crippen LogP contribution in [0.3, 0.4) is 0 Å². The second-order valence-corrected chi connectivity index (χ2v) is 7.18. The first-order chi connectivity index (χ1) is 12.8. The van der Waals surface area contributed by atoms with Gasteiger partial charge in [0.15, 0.2) is 0 Å². The molecule has 0 bridgehead atoms. The fourth-order valence-corrected chi connectivity index (χ4v) is 2.99. The molecule has 6 heteroatoms. The van der Waals surface area contributed by atoms with E-state index in [4.69, 9.17) is 24.5 Å². The van der Waals surface area contributed by atoms with Crippen LogP contribution in [0.4, 0.5) is 0 Å². The van der Waals surface area contributed by atoms with Gasteiger partial charge in [0, 0.05) is 6.54 Å². The van der Waals surface area contributed by atoms with Crippen molar-refractivity contribution in [2.45, 2.75) is 52.4 Å². The van der Waals surface area contributed by atoms with Crippen molar-refractivity contribution in [3.63, 3.8) is 0 Å². The van der Waals surface area contributed by atoms with Crippen LogP contribution in [-0.4, -0.2) is 53.3 Å². The molecule has 0 radical (unpaired) electrons. The molecule has 1 aromatic carbocycles. The van der Waals surface area contributed by atoms with Crippen LogP contribution in [0.2, 0.25) is 0 Å². The van der Waals surface area contributed by atoms with Crippen LogP contribution in [0.5, 0.6) is 5.75 Å². The van der Waals surface area contributed by atoms with E-state index < -0.39 is 11.9 Å². The number of hydrogen-bond acceptors (Lipinski definition) is 4. The molecule has 2 rings (SSSR count). The number of nitrogens with zero attached hydrogens (tertiary/aromatic N) is 1. The van der Waals surface area contributed by atoms with Gasteiger partial charge < -0.3 is 19.8 Å². The predicted octanol–water partition coefficient (Wildman–Crippen LogP) is 3.86. The van der Waals surface area contributed by atoms with E-state index in [2.05, 4.69) is 49.9 Å². The Hall–Kier alpha value is -2.08. The second-order valence-electron chi connectivity index (χ2n) is 7.18. The lowest BCUT2D eigenvalue weighted by atomic mass is 9.98. The molecule has 1 heterocycles. The van der Waals surface area contributed by atoms with Crippen LogP contribution in [-0.2, 0) is 9.59 Å². The SMILES string of the molecule is CCC(C)c1ccccc1OCCCN1CCC(C)CC1.O=C(O)C(=O)O. The monoisotopic (exact) mass is 379 g/mol. The lowest BCUT2D eigenvalue weighted by Gasteiger charge is -2.30. The van der Waals surface area contributed by atoms with E-state index in [0.717, 1.165) is 31.1 Å². The summed E-state index contributed by atoms with van der Waals surface area (Å²) in [5.41, 5.74) is 1.35. The Bertz CT molecular complexity index is 570. The number of para-hydroxylation sites is 1. The maximum Gasteiger partial charge on any atom is 0.414 e. The molecule has 2 N–H and O–H groups in total. The molecule has 1 aliphatic rings. The van der Waals surface area contributed by atoms with Crippen molar-refractivity contribution in [3.8, 4) is 5.75 Å². The average molecular weight is 379 g/mol. The zero-order chi connectivity index (χ0) is 20.2. The molecule has 1 aliphatic heterocycles. The summed E-state index contributed by atoms with van der Waals surface area (Å²) >= 11 is 0. The zero-order valence-corrected chi connectivity index (χ0v) is 16.7. The Morgan fingerprint density at radius 3 is 2.33 bits per heavy atom. The summed E-state index contributed by atoms with van der Waals surface area (Å²) in [6.07, 6.45) is 5.00. The molecule has 0 spiro atoms. The van der Waals surface area contributed by atoms with Gasteiger partial charge in [0.1, 0.15) is 5.75 Å². The van der Waals surface area contributed by atoms with E-state index >= 15 is 0 Å². The summed E-state index contributed by atoms with van der Waals surface area (Å²) in [5, 5.41) is 14.8. The van der Waals surface area contributed by atoms with Crippen molar-refractivity contribution >= 4 is 11.9 Å². The Kier molecular flexibility index (Phi) is 10.5. The number of carbonyl (C=O) groups is 2. The highest BCUT2D eigenvalue weighted by Gasteiger charge is 2.15. The summed E-state index contributed by atoms with van der Waals surface area (Å²) in [4.78, 5) is 20.8. The Balaban J connectivity index is 0.000000527. The number of ether oxygens (including phenoxy) is 1. The standard InChI is InChI=1S/C19H31NO.C2H2O4/c1-4-17(3)18-8-5-6-9-19(18)21-15-7-12-20-13-10-16(2)11-14-20;3-1(4)2(5)6/h5-6,8-9,16-17H,4,7,10-15H2,1-3H3;(H,3,4)(H,5,6). The van der Waals surface area contributed by atoms with Gasteiger partial charge in [0.2, 0.25) is 0 Å². The maximum atomic E-state index is 9.10. The van der Waals surface area contributed by atoms with Gasteiger partial charge in [0.05, 0.1) is 6.61 Å². The highest BCUT2D eigenvalue weighted by molar-refractivity contribution is 6.27. The van der Waals surface area contributed by atoms with E-state index in [1.165, 1.54) is 38.0 Å². The van der Waals surface area contributed by atoms with E-state index in [9.17, 15) is 0 Å². The van der Waals surface area contributed by atoms with Crippen molar-refractivity contribution < 1.29 is 24.5 Å². The lowest BCUT2D eigenvalue weighted by molar-refractivity contribution is -0.159. The number of carboxylic acid groups (broad SMARTS) is 2. The number of piperidine rings is 1. The average Bonchev–Trinajstić information content (AvgIpc) is 2.66. The van der Waals surface area contributed by atoms with Gasteiger partial charge in [-0.2, -0.15) is 0 Å². The predicted molar refractivity (Wildman–Crippen MR) is 105 cm³/mol. The van der Waals surface area contributed by atoms with Crippen molar-refractivity contribution in [1.29, 1.82) is 0 Å². The highest BCUT2D eigenvalue weighted by Crippen LogP contribution is 2.28. The lowest BCUT2D eigenvalue weighted by Crippen LogP contribution is -2.34. The van der Waals surface area contributed by atoms with Crippen LogP contribution < -0.4 is 4.74 Å². The first-order valence-electron chi connectivity index (χ1n) is 9.75. The highest BCUT2D eigenvalue weighted by atomic mass is 16.5. The summed E-state index contributed by atoms with van der Waals surface area (Å²) in [6, 6.07) is 8.51. The van der Waals surface area contributed by atoms with E-state index in [1.54, 1.807) is 0 Å². The molecule has 1 unspecified atom stereocenters. The normalized spacial score (nSPS) is 16.1. The van der Waals surface area contributed by atoms with Gasteiger partial charge in [-0.25, -0.2) is 9.59 Å². The van der Waals surface area contributed by atoms with E-state index in [0.29, 0.717) is 5.92 Å². The first kappa shape index (κ1) is 23.0. The third kappa shape index (κ3) is 8.91. The number of carboxylic acids is 2. The largest absolute Gasteiger partial charge is 0.493 e. The minimum absolute atomic E-state index is 0.574. The van der Waals surface area contributed by atoms with Crippen molar-refractivity contribution in [1.82, 2.24) is 4.90 Å². The molecule has 27 heavy (non-hydrogen) atoms. The molecule has 0 amide bonds. The molecular weight excluding hydrogens is 346 g/mol. The smallest absolute Gasteiger partial charge is 0.414 e. The minimum atomic E-state index is -1.82. The molecule has 152 valence electrons.